The van der Waals surface area contributed by atoms with E-state index < -0.39 is 16.9 Å². The van der Waals surface area contributed by atoms with Crippen molar-refractivity contribution >= 4 is 16.9 Å². The predicted molar refractivity (Wildman–Crippen MR) is 58.9 cm³/mol. The minimum absolute atomic E-state index is 0.412. The van der Waals surface area contributed by atoms with Crippen LogP contribution in [-0.4, -0.2) is 11.1 Å². The number of benzene rings is 1. The van der Waals surface area contributed by atoms with Gasteiger partial charge in [0.25, 0.3) is 0 Å². The van der Waals surface area contributed by atoms with Crippen LogP contribution in [-0.2, 0) is 0 Å². The number of hydrogen-bond donors (Lipinski definition) is 2. The summed E-state index contributed by atoms with van der Waals surface area (Å²) in [4.78, 5) is 11.9. The monoisotopic (exact) mass is 206 g/mol. The van der Waals surface area contributed by atoms with E-state index in [1.54, 1.807) is 12.1 Å². The second-order valence-electron chi connectivity index (χ2n) is 2.91. The zero-order chi connectivity index (χ0) is 9.97. The van der Waals surface area contributed by atoms with Crippen LogP contribution in [0.2, 0.25) is 0 Å². The minimum atomic E-state index is -0.850. The first-order chi connectivity index (χ1) is 6.79. The second-order valence-corrected chi connectivity index (χ2v) is 4.81. The zero-order valence-corrected chi connectivity index (χ0v) is 8.32. The molecule has 1 aliphatic heterocycles. The normalized spacial score (nSPS) is 16.1. The van der Waals surface area contributed by atoms with Crippen molar-refractivity contribution in [3.05, 3.63) is 52.8 Å². The number of carboxylic acid groups (broad SMARTS) is 1. The van der Waals surface area contributed by atoms with Gasteiger partial charge in [-0.2, -0.15) is 10.9 Å². The standard InChI is InChI=1S/C11H10O2S/c12-11(13)9-5-1-2-6-10(9)14-7-3-4-8-14/h1-8,14H,(H,12,13). The van der Waals surface area contributed by atoms with Gasteiger partial charge < -0.3 is 5.11 Å². The summed E-state index contributed by atoms with van der Waals surface area (Å²) in [7, 11) is -0.535. The first-order valence-electron chi connectivity index (χ1n) is 4.25. The summed E-state index contributed by atoms with van der Waals surface area (Å²) < 4.78 is 0. The molecule has 0 aromatic heterocycles. The van der Waals surface area contributed by atoms with Gasteiger partial charge in [-0.1, -0.05) is 24.3 Å². The molecule has 0 spiro atoms. The van der Waals surface area contributed by atoms with Gasteiger partial charge in [-0.3, -0.25) is 0 Å². The largest absolute Gasteiger partial charge is 0.478 e. The lowest BCUT2D eigenvalue weighted by atomic mass is 10.2. The Bertz CT molecular complexity index is 409. The van der Waals surface area contributed by atoms with E-state index in [2.05, 4.69) is 10.8 Å². The molecule has 0 bridgehead atoms. The van der Waals surface area contributed by atoms with Crippen molar-refractivity contribution in [2.45, 2.75) is 4.90 Å². The van der Waals surface area contributed by atoms with Crippen molar-refractivity contribution in [1.29, 1.82) is 0 Å². The molecule has 1 aliphatic rings. The van der Waals surface area contributed by atoms with Gasteiger partial charge in [0.1, 0.15) is 0 Å². The van der Waals surface area contributed by atoms with Gasteiger partial charge in [0, 0.05) is 4.90 Å². The van der Waals surface area contributed by atoms with E-state index >= 15 is 0 Å². The van der Waals surface area contributed by atoms with Gasteiger partial charge in [-0.15, -0.1) is 0 Å². The maximum absolute atomic E-state index is 10.9. The van der Waals surface area contributed by atoms with Gasteiger partial charge in [0.15, 0.2) is 0 Å². The highest BCUT2D eigenvalue weighted by Gasteiger charge is 2.12. The molecular formula is C11H10O2S. The lowest BCUT2D eigenvalue weighted by Crippen LogP contribution is -1.98. The quantitative estimate of drug-likeness (QED) is 0.730. The topological polar surface area (TPSA) is 37.3 Å². The zero-order valence-electron chi connectivity index (χ0n) is 7.42. The third-order valence-electron chi connectivity index (χ3n) is 2.02. The highest BCUT2D eigenvalue weighted by molar-refractivity contribution is 8.22. The second kappa shape index (κ2) is 3.72. The highest BCUT2D eigenvalue weighted by Crippen LogP contribution is 2.43. The summed E-state index contributed by atoms with van der Waals surface area (Å²) in [6, 6.07) is 7.17. The van der Waals surface area contributed by atoms with Crippen molar-refractivity contribution in [3.63, 3.8) is 0 Å². The third-order valence-corrected chi connectivity index (χ3v) is 3.95. The summed E-state index contributed by atoms with van der Waals surface area (Å²) in [6.07, 6.45) is 3.93. The van der Waals surface area contributed by atoms with Crippen LogP contribution in [0.5, 0.6) is 0 Å². The molecule has 0 aliphatic carbocycles. The Morgan fingerprint density at radius 2 is 1.79 bits per heavy atom. The van der Waals surface area contributed by atoms with Gasteiger partial charge >= 0.3 is 5.97 Å². The van der Waals surface area contributed by atoms with Crippen molar-refractivity contribution < 1.29 is 9.90 Å². The van der Waals surface area contributed by atoms with Crippen LogP contribution in [0, 0.1) is 0 Å². The molecule has 3 heteroatoms. The minimum Gasteiger partial charge on any atom is -0.478 e. The Hall–Kier alpha value is -1.48. The molecule has 0 radical (unpaired) electrons. The molecule has 1 heterocycles. The maximum Gasteiger partial charge on any atom is 0.336 e. The Balaban J connectivity index is 2.46. The Morgan fingerprint density at radius 3 is 2.43 bits per heavy atom. The molecule has 0 saturated carbocycles. The van der Waals surface area contributed by atoms with Crippen LogP contribution in [0.3, 0.4) is 0 Å². The van der Waals surface area contributed by atoms with Crippen molar-refractivity contribution in [1.82, 2.24) is 0 Å². The lowest BCUT2D eigenvalue weighted by Gasteiger charge is -2.12. The smallest absolute Gasteiger partial charge is 0.336 e. The number of carboxylic acids is 1. The maximum atomic E-state index is 10.9. The molecule has 0 saturated heterocycles. The van der Waals surface area contributed by atoms with Crippen LogP contribution < -0.4 is 0 Å². The van der Waals surface area contributed by atoms with Crippen molar-refractivity contribution in [2.75, 3.05) is 0 Å². The Labute approximate surface area is 84.9 Å². The number of carbonyl (C=O) groups is 1. The molecule has 2 rings (SSSR count). The summed E-state index contributed by atoms with van der Waals surface area (Å²) in [5, 5.41) is 13.1. The average Bonchev–Trinajstić information content (AvgIpc) is 2.70. The van der Waals surface area contributed by atoms with Crippen LogP contribution >= 0.6 is 10.9 Å². The summed E-state index contributed by atoms with van der Waals surface area (Å²) >= 11 is 0. The van der Waals surface area contributed by atoms with Crippen LogP contribution in [0.4, 0.5) is 0 Å². The van der Waals surface area contributed by atoms with Gasteiger partial charge in [0.2, 0.25) is 0 Å². The van der Waals surface area contributed by atoms with Gasteiger partial charge in [0.05, 0.1) is 5.56 Å². The average molecular weight is 206 g/mol. The van der Waals surface area contributed by atoms with Crippen LogP contribution in [0.25, 0.3) is 0 Å². The number of thiol groups is 1. The van der Waals surface area contributed by atoms with E-state index in [1.807, 2.05) is 24.3 Å². The number of hydrogen-bond acceptors (Lipinski definition) is 1. The van der Waals surface area contributed by atoms with Crippen LogP contribution in [0.15, 0.2) is 52.1 Å². The molecule has 2 nitrogen and oxygen atoms in total. The molecular weight excluding hydrogens is 196 g/mol. The molecule has 1 N–H and O–H groups in total. The van der Waals surface area contributed by atoms with Crippen LogP contribution in [0.1, 0.15) is 10.4 Å². The Morgan fingerprint density at radius 1 is 1.14 bits per heavy atom. The molecule has 0 atom stereocenters. The summed E-state index contributed by atoms with van der Waals surface area (Å²) in [5.41, 5.74) is 0.412. The van der Waals surface area contributed by atoms with E-state index in [9.17, 15) is 4.79 Å². The van der Waals surface area contributed by atoms with E-state index in [4.69, 9.17) is 5.11 Å². The SMILES string of the molecule is O=C(O)c1ccccc1[SH]1C=CC=C1. The van der Waals surface area contributed by atoms with Gasteiger partial charge in [-0.05, 0) is 22.9 Å². The predicted octanol–water partition coefficient (Wildman–Crippen LogP) is 2.79. The van der Waals surface area contributed by atoms with E-state index in [-0.39, 0.29) is 0 Å². The van der Waals surface area contributed by atoms with Crippen molar-refractivity contribution in [3.8, 4) is 0 Å². The summed E-state index contributed by atoms with van der Waals surface area (Å²) in [5.74, 6) is -0.850. The summed E-state index contributed by atoms with van der Waals surface area (Å²) in [6.45, 7) is 0. The molecule has 14 heavy (non-hydrogen) atoms. The molecule has 1 aromatic rings. The van der Waals surface area contributed by atoms with E-state index in [0.717, 1.165) is 4.90 Å². The lowest BCUT2D eigenvalue weighted by molar-refractivity contribution is 0.0693. The number of rotatable bonds is 2. The first kappa shape index (κ1) is 9.09. The van der Waals surface area contributed by atoms with Crippen molar-refractivity contribution in [2.24, 2.45) is 0 Å². The van der Waals surface area contributed by atoms with E-state index in [1.165, 1.54) is 0 Å². The first-order valence-corrected chi connectivity index (χ1v) is 5.73. The molecule has 0 unspecified atom stereocenters. The van der Waals surface area contributed by atoms with Gasteiger partial charge in [-0.25, -0.2) is 4.79 Å². The fourth-order valence-corrected chi connectivity index (χ4v) is 3.07. The fraction of sp³-hybridized carbons (Fsp3) is 0. The fourth-order valence-electron chi connectivity index (χ4n) is 1.37. The molecule has 1 aromatic carbocycles. The molecule has 72 valence electrons. The van der Waals surface area contributed by atoms with E-state index in [0.29, 0.717) is 5.56 Å². The number of allylic oxidation sites excluding steroid dienone is 2. The molecule has 0 amide bonds. The third kappa shape index (κ3) is 1.59. The molecule has 0 fully saturated rings. The number of aromatic carboxylic acids is 1. The highest BCUT2D eigenvalue weighted by atomic mass is 32.2. The Kier molecular flexibility index (Phi) is 2.41.